The third-order valence-electron chi connectivity index (χ3n) is 7.52. The predicted molar refractivity (Wildman–Crippen MR) is 147 cm³/mol. The molecule has 3 amide bonds. The Kier molecular flexibility index (Phi) is 9.60. The summed E-state index contributed by atoms with van der Waals surface area (Å²) in [4.78, 5) is 24.8. The number of carbonyl (C=O) groups excluding carboxylic acids is 2. The second-order valence-corrected chi connectivity index (χ2v) is 12.7. The molecular formula is C28H36F3N5O4S. The van der Waals surface area contributed by atoms with E-state index in [-0.39, 0.29) is 42.5 Å². The van der Waals surface area contributed by atoms with Crippen LogP contribution in [0.25, 0.3) is 0 Å². The molecule has 224 valence electrons. The first-order chi connectivity index (χ1) is 19.3. The van der Waals surface area contributed by atoms with E-state index in [9.17, 15) is 31.2 Å². The Balaban J connectivity index is 1.50. The highest BCUT2D eigenvalue weighted by Crippen LogP contribution is 2.31. The molecule has 2 aliphatic heterocycles. The molecule has 2 aliphatic rings. The molecule has 2 aromatic rings. The lowest BCUT2D eigenvalue weighted by Crippen LogP contribution is -2.58. The summed E-state index contributed by atoms with van der Waals surface area (Å²) in [5.74, 6) is -0.137. The minimum atomic E-state index is -4.60. The van der Waals surface area contributed by atoms with E-state index in [4.69, 9.17) is 0 Å². The number of urea groups is 1. The van der Waals surface area contributed by atoms with Gasteiger partial charge in [-0.25, -0.2) is 13.2 Å². The maximum atomic E-state index is 13.6. The van der Waals surface area contributed by atoms with Gasteiger partial charge in [0.2, 0.25) is 15.9 Å². The molecule has 0 bridgehead atoms. The Morgan fingerprint density at radius 2 is 1.76 bits per heavy atom. The molecule has 13 heteroatoms. The zero-order chi connectivity index (χ0) is 29.8. The summed E-state index contributed by atoms with van der Waals surface area (Å²) < 4.78 is 67.4. The number of benzene rings is 2. The van der Waals surface area contributed by atoms with Crippen molar-refractivity contribution >= 4 is 22.0 Å². The van der Waals surface area contributed by atoms with E-state index in [1.54, 1.807) is 0 Å². The van der Waals surface area contributed by atoms with Crippen LogP contribution in [0.1, 0.15) is 55.7 Å². The van der Waals surface area contributed by atoms with Gasteiger partial charge in [-0.15, -0.1) is 0 Å². The first-order valence-electron chi connectivity index (χ1n) is 13.7. The molecule has 0 radical (unpaired) electrons. The zero-order valence-electron chi connectivity index (χ0n) is 23.0. The monoisotopic (exact) mass is 595 g/mol. The van der Waals surface area contributed by atoms with Crippen LogP contribution in [0.5, 0.6) is 0 Å². The van der Waals surface area contributed by atoms with E-state index in [1.807, 2.05) is 24.3 Å². The van der Waals surface area contributed by atoms with Crippen LogP contribution >= 0.6 is 0 Å². The van der Waals surface area contributed by atoms with E-state index in [0.29, 0.717) is 25.4 Å². The second-order valence-electron chi connectivity index (χ2n) is 10.8. The van der Waals surface area contributed by atoms with E-state index >= 15 is 0 Å². The molecule has 2 saturated heterocycles. The Labute approximate surface area is 238 Å². The van der Waals surface area contributed by atoms with E-state index in [1.165, 1.54) is 0 Å². The van der Waals surface area contributed by atoms with Gasteiger partial charge < -0.3 is 21.3 Å². The van der Waals surface area contributed by atoms with Gasteiger partial charge >= 0.3 is 12.2 Å². The van der Waals surface area contributed by atoms with Gasteiger partial charge in [0.1, 0.15) is 6.04 Å². The Bertz CT molecular complexity index is 1320. The summed E-state index contributed by atoms with van der Waals surface area (Å²) in [7, 11) is -4.27. The summed E-state index contributed by atoms with van der Waals surface area (Å²) in [6.07, 6.45) is -3.33. The third-order valence-corrected chi connectivity index (χ3v) is 9.45. The van der Waals surface area contributed by atoms with Gasteiger partial charge in [-0.1, -0.05) is 38.1 Å². The summed E-state index contributed by atoms with van der Waals surface area (Å²) in [6, 6.07) is 9.44. The number of nitrogens with zero attached hydrogens (tertiary/aromatic N) is 1. The van der Waals surface area contributed by atoms with Crippen LogP contribution in [-0.2, 0) is 27.5 Å². The highest BCUT2D eigenvalue weighted by Gasteiger charge is 2.41. The van der Waals surface area contributed by atoms with E-state index < -0.39 is 33.7 Å². The smallest absolute Gasteiger partial charge is 0.351 e. The lowest BCUT2D eigenvalue weighted by molar-refractivity contribution is -0.137. The molecule has 2 heterocycles. The molecule has 0 aromatic heterocycles. The van der Waals surface area contributed by atoms with Crippen molar-refractivity contribution in [1.29, 1.82) is 0 Å². The molecule has 1 unspecified atom stereocenters. The zero-order valence-corrected chi connectivity index (χ0v) is 23.8. The van der Waals surface area contributed by atoms with Crippen molar-refractivity contribution in [3.8, 4) is 0 Å². The van der Waals surface area contributed by atoms with E-state index in [2.05, 4.69) is 35.1 Å². The van der Waals surface area contributed by atoms with Crippen LogP contribution in [0.15, 0.2) is 53.4 Å². The number of piperidine rings is 1. The van der Waals surface area contributed by atoms with Crippen molar-refractivity contribution in [3.05, 3.63) is 65.2 Å². The number of amides is 3. The highest BCUT2D eigenvalue weighted by atomic mass is 32.2. The maximum Gasteiger partial charge on any atom is 0.416 e. The Morgan fingerprint density at radius 3 is 2.37 bits per heavy atom. The van der Waals surface area contributed by atoms with Gasteiger partial charge in [0.15, 0.2) is 0 Å². The van der Waals surface area contributed by atoms with Crippen LogP contribution in [0, 0.1) is 0 Å². The molecular weight excluding hydrogens is 559 g/mol. The number of carbonyl (C=O) groups is 2. The fourth-order valence-electron chi connectivity index (χ4n) is 5.06. The standard InChI is InChI=1S/C28H36F3N5O4S/c1-18(2)20-5-3-19(4-6-20)16-34-26(37)25-15-22(33-17-23-11-13-32-27(38)35-23)12-14-36(25)41(39,40)24-9-7-21(8-10-24)28(29,30)31/h3-10,18,22-23,25,33H,11-17H2,1-2H3,(H,34,37)(H2,32,35,38)/t22-,23?,25-/m1/s1. The summed E-state index contributed by atoms with van der Waals surface area (Å²) in [5, 5.41) is 11.7. The van der Waals surface area contributed by atoms with Gasteiger partial charge in [-0.2, -0.15) is 17.5 Å². The number of alkyl halides is 3. The molecule has 2 fully saturated rings. The van der Waals surface area contributed by atoms with Crippen molar-refractivity contribution in [3.63, 3.8) is 0 Å². The molecule has 0 aliphatic carbocycles. The van der Waals surface area contributed by atoms with Crippen LogP contribution in [0.3, 0.4) is 0 Å². The van der Waals surface area contributed by atoms with Crippen molar-refractivity contribution in [2.45, 2.75) is 74.8 Å². The highest BCUT2D eigenvalue weighted by molar-refractivity contribution is 7.89. The second kappa shape index (κ2) is 12.8. The molecule has 41 heavy (non-hydrogen) atoms. The fourth-order valence-corrected chi connectivity index (χ4v) is 6.68. The molecule has 9 nitrogen and oxygen atoms in total. The van der Waals surface area contributed by atoms with Crippen molar-refractivity contribution in [2.75, 3.05) is 19.6 Å². The largest absolute Gasteiger partial charge is 0.416 e. The van der Waals surface area contributed by atoms with Crippen molar-refractivity contribution in [1.82, 2.24) is 25.6 Å². The molecule has 0 saturated carbocycles. The predicted octanol–water partition coefficient (Wildman–Crippen LogP) is 3.33. The quantitative estimate of drug-likeness (QED) is 0.355. The number of halogens is 3. The Morgan fingerprint density at radius 1 is 1.07 bits per heavy atom. The van der Waals surface area contributed by atoms with Crippen LogP contribution in [0.4, 0.5) is 18.0 Å². The summed E-state index contributed by atoms with van der Waals surface area (Å²) >= 11 is 0. The fraction of sp³-hybridized carbons (Fsp3) is 0.500. The molecule has 2 aromatic carbocycles. The normalized spacial score (nSPS) is 22.2. The van der Waals surface area contributed by atoms with E-state index in [0.717, 1.165) is 46.1 Å². The van der Waals surface area contributed by atoms with Crippen LogP contribution in [-0.4, -0.2) is 62.4 Å². The average Bonchev–Trinajstić information content (AvgIpc) is 2.94. The van der Waals surface area contributed by atoms with Crippen molar-refractivity contribution in [2.24, 2.45) is 0 Å². The lowest BCUT2D eigenvalue weighted by Gasteiger charge is -2.38. The van der Waals surface area contributed by atoms with Crippen molar-refractivity contribution < 1.29 is 31.2 Å². The maximum absolute atomic E-state index is 13.6. The number of hydrogen-bond donors (Lipinski definition) is 4. The minimum Gasteiger partial charge on any atom is -0.351 e. The number of hydrogen-bond acceptors (Lipinski definition) is 5. The van der Waals surface area contributed by atoms with Gasteiger partial charge in [0, 0.05) is 38.3 Å². The summed E-state index contributed by atoms with van der Waals surface area (Å²) in [5.41, 5.74) is 1.05. The topological polar surface area (TPSA) is 120 Å². The van der Waals surface area contributed by atoms with Gasteiger partial charge in [0.05, 0.1) is 10.5 Å². The molecule has 4 rings (SSSR count). The van der Waals surface area contributed by atoms with Crippen LogP contribution < -0.4 is 21.3 Å². The first-order valence-corrected chi connectivity index (χ1v) is 15.1. The molecule has 0 spiro atoms. The Hall–Kier alpha value is -3.16. The van der Waals surface area contributed by atoms with Crippen LogP contribution in [0.2, 0.25) is 0 Å². The first kappa shape index (κ1) is 30.8. The summed E-state index contributed by atoms with van der Waals surface area (Å²) in [6.45, 7) is 5.36. The SMILES string of the molecule is CC(C)c1ccc(CNC(=O)[C@H]2C[C@H](NCC3CCNC(=O)N3)CCN2S(=O)(=O)c2ccc(C(F)(F)F)cc2)cc1. The average molecular weight is 596 g/mol. The lowest BCUT2D eigenvalue weighted by atomic mass is 9.98. The molecule has 3 atom stereocenters. The number of sulfonamides is 1. The van der Waals surface area contributed by atoms with Gasteiger partial charge in [-0.3, -0.25) is 4.79 Å². The minimum absolute atomic E-state index is 0.000770. The molecule has 4 N–H and O–H groups in total. The van der Waals surface area contributed by atoms with Gasteiger partial charge in [-0.05, 0) is 60.6 Å². The number of rotatable bonds is 9. The number of nitrogens with one attached hydrogen (secondary N) is 4. The third kappa shape index (κ3) is 7.77. The van der Waals surface area contributed by atoms with Gasteiger partial charge in [0.25, 0.3) is 0 Å².